The van der Waals surface area contributed by atoms with Gasteiger partial charge in [-0.15, -0.1) is 25.3 Å². The number of hydrogen-bond acceptors (Lipinski definition) is 8. The fourth-order valence-corrected chi connectivity index (χ4v) is 5.53. The molecule has 0 amide bonds. The second kappa shape index (κ2) is 12.3. The van der Waals surface area contributed by atoms with Crippen molar-refractivity contribution in [3.05, 3.63) is 79.9 Å². The van der Waals surface area contributed by atoms with E-state index in [1.807, 2.05) is 67.5 Å². The van der Waals surface area contributed by atoms with E-state index < -0.39 is 11.9 Å². The van der Waals surface area contributed by atoms with Crippen molar-refractivity contribution in [3.8, 4) is 11.5 Å². The van der Waals surface area contributed by atoms with Crippen molar-refractivity contribution in [2.75, 3.05) is 0 Å². The number of ether oxygens (including phenoxy) is 2. The molecule has 3 aromatic carbocycles. The van der Waals surface area contributed by atoms with Crippen LogP contribution in [0.15, 0.2) is 34.1 Å². The van der Waals surface area contributed by atoms with Gasteiger partial charge in [-0.1, -0.05) is 53.7 Å². The fraction of sp³-hybridized carbons (Fsp3) is 0.412. The maximum Gasteiger partial charge on any atom is 0.339 e. The fourth-order valence-electron chi connectivity index (χ4n) is 4.95. The third-order valence-corrected chi connectivity index (χ3v) is 8.81. The molecule has 0 saturated heterocycles. The molecule has 0 saturated carbocycles. The molecule has 0 heterocycles. The third kappa shape index (κ3) is 6.76. The zero-order chi connectivity index (χ0) is 31.9. The van der Waals surface area contributed by atoms with Gasteiger partial charge in [0, 0.05) is 9.79 Å². The highest BCUT2D eigenvalue weighted by Gasteiger charge is 2.25. The average Bonchev–Trinajstić information content (AvgIpc) is 2.88. The van der Waals surface area contributed by atoms with Crippen LogP contribution in [0.2, 0.25) is 0 Å². The van der Waals surface area contributed by atoms with Crippen LogP contribution in [0.5, 0.6) is 11.5 Å². The van der Waals surface area contributed by atoms with Crippen molar-refractivity contribution < 1.29 is 29.3 Å². The molecule has 226 valence electrons. The maximum absolute atomic E-state index is 13.0. The summed E-state index contributed by atoms with van der Waals surface area (Å²) in [6.45, 7) is 19.6. The second-order valence-corrected chi connectivity index (χ2v) is 13.8. The predicted octanol–water partition coefficient (Wildman–Crippen LogP) is 8.22. The van der Waals surface area contributed by atoms with Gasteiger partial charge in [-0.25, -0.2) is 9.59 Å². The molecule has 0 aliphatic carbocycles. The number of benzene rings is 3. The molecule has 0 unspecified atom stereocenters. The molecule has 0 radical (unpaired) electrons. The van der Waals surface area contributed by atoms with Crippen LogP contribution in [0.25, 0.3) is 0 Å². The van der Waals surface area contributed by atoms with Crippen molar-refractivity contribution in [1.82, 2.24) is 0 Å². The minimum atomic E-state index is -0.630. The minimum Gasteiger partial charge on any atom is -0.507 e. The van der Waals surface area contributed by atoms with Gasteiger partial charge in [0.1, 0.15) is 24.7 Å². The van der Waals surface area contributed by atoms with Crippen LogP contribution in [0.4, 0.5) is 0 Å². The molecule has 0 spiro atoms. The summed E-state index contributed by atoms with van der Waals surface area (Å²) in [5.74, 6) is -0.872. The lowest BCUT2D eigenvalue weighted by Crippen LogP contribution is -2.15. The Balaban J connectivity index is 1.78. The minimum absolute atomic E-state index is 0.0348. The van der Waals surface area contributed by atoms with E-state index in [9.17, 15) is 19.8 Å². The number of aryl methyl sites for hydroxylation is 2. The number of esters is 2. The van der Waals surface area contributed by atoms with Crippen molar-refractivity contribution in [2.45, 2.75) is 103 Å². The molecule has 0 aromatic heterocycles. The summed E-state index contributed by atoms with van der Waals surface area (Å²) >= 11 is 8.92. The molecule has 0 atom stereocenters. The van der Waals surface area contributed by atoms with E-state index in [1.165, 1.54) is 12.1 Å². The quantitative estimate of drug-likeness (QED) is 0.166. The zero-order valence-electron chi connectivity index (χ0n) is 26.1. The Morgan fingerprint density at radius 2 is 0.976 bits per heavy atom. The van der Waals surface area contributed by atoms with E-state index in [1.54, 1.807) is 13.8 Å². The highest BCUT2D eigenvalue weighted by Crippen LogP contribution is 2.38. The largest absolute Gasteiger partial charge is 0.507 e. The van der Waals surface area contributed by atoms with Gasteiger partial charge < -0.3 is 19.7 Å². The number of carbonyl (C=O) groups excluding carboxylic acids is 2. The maximum atomic E-state index is 13.0. The molecule has 0 aliphatic rings. The molecular weight excluding hydrogens is 569 g/mol. The van der Waals surface area contributed by atoms with Gasteiger partial charge in [0.25, 0.3) is 0 Å². The number of phenolic OH excluding ortho intramolecular Hbond substituents is 2. The topological polar surface area (TPSA) is 93.1 Å². The van der Waals surface area contributed by atoms with Crippen LogP contribution in [-0.4, -0.2) is 22.2 Å². The van der Waals surface area contributed by atoms with Crippen LogP contribution in [0.3, 0.4) is 0 Å². The highest BCUT2D eigenvalue weighted by atomic mass is 32.1. The SMILES string of the molecule is Cc1cc(C(C)(C)C)c(O)c(C)c1COC(=O)c1ccc(C(=O)OCc2c(C)cc(C(C)(C)C)c(O)c2C)c(S)c1S. The van der Waals surface area contributed by atoms with Crippen LogP contribution in [-0.2, 0) is 33.5 Å². The Morgan fingerprint density at radius 1 is 0.667 bits per heavy atom. The standard InChI is InChI=1S/C34H42O6S2/c1-17-13-25(33(5,6)7)27(35)19(3)23(17)15-39-31(37)21-11-12-22(30(42)29(21)41)32(38)40-16-24-18(2)14-26(34(8,9)10)28(36)20(24)4/h11-14,35-36,41-42H,15-16H2,1-10H3. The molecular formula is C34H42O6S2. The lowest BCUT2D eigenvalue weighted by atomic mass is 9.83. The number of phenols is 2. The molecule has 3 rings (SSSR count). The molecule has 8 heteroatoms. The number of thiol groups is 2. The molecule has 2 N–H and O–H groups in total. The highest BCUT2D eigenvalue weighted by molar-refractivity contribution is 7.83. The summed E-state index contributed by atoms with van der Waals surface area (Å²) in [5, 5.41) is 21.5. The van der Waals surface area contributed by atoms with Gasteiger partial charge in [-0.3, -0.25) is 0 Å². The lowest BCUT2D eigenvalue weighted by molar-refractivity contribution is 0.0449. The summed E-state index contributed by atoms with van der Waals surface area (Å²) in [4.78, 5) is 26.4. The Bertz CT molecular complexity index is 1440. The molecule has 3 aromatic rings. The van der Waals surface area contributed by atoms with Crippen molar-refractivity contribution in [1.29, 1.82) is 0 Å². The monoisotopic (exact) mass is 610 g/mol. The van der Waals surface area contributed by atoms with Crippen molar-refractivity contribution >= 4 is 37.2 Å². The first kappa shape index (κ1) is 33.4. The van der Waals surface area contributed by atoms with Crippen molar-refractivity contribution in [3.63, 3.8) is 0 Å². The lowest BCUT2D eigenvalue weighted by Gasteiger charge is -2.24. The van der Waals surface area contributed by atoms with Gasteiger partial charge in [0.15, 0.2) is 0 Å². The number of carbonyl (C=O) groups is 2. The normalized spacial score (nSPS) is 11.9. The smallest absolute Gasteiger partial charge is 0.339 e. The Kier molecular flexibility index (Phi) is 9.74. The third-order valence-electron chi connectivity index (χ3n) is 7.70. The number of hydrogen-bond donors (Lipinski definition) is 4. The van der Waals surface area contributed by atoms with Crippen molar-refractivity contribution in [2.24, 2.45) is 0 Å². The van der Waals surface area contributed by atoms with Crippen LogP contribution in [0, 0.1) is 27.7 Å². The van der Waals surface area contributed by atoms with E-state index in [2.05, 4.69) is 25.3 Å². The second-order valence-electron chi connectivity index (χ2n) is 12.9. The molecule has 6 nitrogen and oxygen atoms in total. The van der Waals surface area contributed by atoms with Crippen LogP contribution >= 0.6 is 25.3 Å². The average molecular weight is 611 g/mol. The number of rotatable bonds is 6. The van der Waals surface area contributed by atoms with Gasteiger partial charge in [-0.2, -0.15) is 0 Å². The van der Waals surface area contributed by atoms with E-state index in [4.69, 9.17) is 9.47 Å². The molecule has 0 aliphatic heterocycles. The van der Waals surface area contributed by atoms with Gasteiger partial charge >= 0.3 is 11.9 Å². The summed E-state index contributed by atoms with van der Waals surface area (Å²) in [6, 6.07) is 6.76. The number of aromatic hydroxyl groups is 2. The molecule has 42 heavy (non-hydrogen) atoms. The summed E-state index contributed by atoms with van der Waals surface area (Å²) in [5.41, 5.74) is 6.10. The zero-order valence-corrected chi connectivity index (χ0v) is 27.9. The van der Waals surface area contributed by atoms with E-state index in [0.29, 0.717) is 11.1 Å². The van der Waals surface area contributed by atoms with Crippen LogP contribution in [0.1, 0.15) is 107 Å². The summed E-state index contributed by atoms with van der Waals surface area (Å²) in [6.07, 6.45) is 0. The predicted molar refractivity (Wildman–Crippen MR) is 172 cm³/mol. The summed E-state index contributed by atoms with van der Waals surface area (Å²) in [7, 11) is 0. The Morgan fingerprint density at radius 3 is 1.26 bits per heavy atom. The van der Waals surface area contributed by atoms with Crippen LogP contribution < -0.4 is 0 Å². The summed E-state index contributed by atoms with van der Waals surface area (Å²) < 4.78 is 11.2. The molecule has 0 fully saturated rings. The van der Waals surface area contributed by atoms with Gasteiger partial charge in [0.2, 0.25) is 0 Å². The first-order valence-corrected chi connectivity index (χ1v) is 14.7. The van der Waals surface area contributed by atoms with E-state index in [-0.39, 0.29) is 56.5 Å². The van der Waals surface area contributed by atoms with Gasteiger partial charge in [0.05, 0.1) is 11.1 Å². The van der Waals surface area contributed by atoms with E-state index in [0.717, 1.165) is 33.4 Å². The Hall–Kier alpha value is -3.10. The first-order valence-electron chi connectivity index (χ1n) is 13.8. The Labute approximate surface area is 260 Å². The molecule has 0 bridgehead atoms. The van der Waals surface area contributed by atoms with Gasteiger partial charge in [-0.05, 0) is 95.2 Å². The van der Waals surface area contributed by atoms with E-state index >= 15 is 0 Å². The first-order chi connectivity index (χ1) is 19.3.